The largest absolute Gasteiger partial charge is 0.378 e. The van der Waals surface area contributed by atoms with E-state index in [-0.39, 0.29) is 5.75 Å². The first-order valence-corrected chi connectivity index (χ1v) is 8.05. The summed E-state index contributed by atoms with van der Waals surface area (Å²) in [6, 6.07) is 0.351. The zero-order chi connectivity index (χ0) is 13.8. The van der Waals surface area contributed by atoms with Crippen LogP contribution in [0.15, 0.2) is 0 Å². The fraction of sp³-hybridized carbons (Fsp3) is 0.700. The van der Waals surface area contributed by atoms with Crippen molar-refractivity contribution in [2.24, 2.45) is 5.14 Å². The van der Waals surface area contributed by atoms with Crippen molar-refractivity contribution in [2.75, 3.05) is 7.11 Å². The fourth-order valence-electron chi connectivity index (χ4n) is 1.36. The molecule has 8 heteroatoms. The zero-order valence-electron chi connectivity index (χ0n) is 10.8. The van der Waals surface area contributed by atoms with Crippen molar-refractivity contribution in [3.63, 3.8) is 0 Å². The molecule has 0 aliphatic heterocycles. The van der Waals surface area contributed by atoms with Crippen molar-refractivity contribution in [1.82, 2.24) is 10.3 Å². The van der Waals surface area contributed by atoms with Gasteiger partial charge in [-0.15, -0.1) is 11.3 Å². The number of methoxy groups -OCH3 is 1. The summed E-state index contributed by atoms with van der Waals surface area (Å²) in [5.41, 5.74) is 0.772. The third-order valence-corrected chi connectivity index (χ3v) is 4.06. The summed E-state index contributed by atoms with van der Waals surface area (Å²) >= 11 is 1.36. The Balaban J connectivity index is 2.86. The number of nitrogens with one attached hydrogen (secondary N) is 1. The number of nitrogens with zero attached hydrogens (tertiary/aromatic N) is 1. The number of sulfonamides is 1. The highest BCUT2D eigenvalue weighted by molar-refractivity contribution is 7.88. The molecule has 1 aromatic heterocycles. The van der Waals surface area contributed by atoms with Crippen LogP contribution in [0, 0.1) is 0 Å². The van der Waals surface area contributed by atoms with Crippen LogP contribution in [0.4, 0.5) is 0 Å². The highest BCUT2D eigenvalue weighted by atomic mass is 32.2. The Morgan fingerprint density at radius 3 is 2.67 bits per heavy atom. The second-order valence-corrected chi connectivity index (χ2v) is 7.04. The summed E-state index contributed by atoms with van der Waals surface area (Å²) in [4.78, 5) is 5.25. The van der Waals surface area contributed by atoms with Gasteiger partial charge in [-0.25, -0.2) is 18.5 Å². The Morgan fingerprint density at radius 1 is 1.50 bits per heavy atom. The van der Waals surface area contributed by atoms with E-state index >= 15 is 0 Å². The molecule has 0 radical (unpaired) electrons. The molecule has 6 nitrogen and oxygen atoms in total. The molecule has 3 N–H and O–H groups in total. The average Bonchev–Trinajstić information content (AvgIpc) is 2.55. The third kappa shape index (κ3) is 5.40. The molecule has 0 spiro atoms. The quantitative estimate of drug-likeness (QED) is 0.766. The number of thiazole rings is 1. The average molecular weight is 293 g/mol. The molecule has 0 unspecified atom stereocenters. The maximum Gasteiger partial charge on any atom is 0.215 e. The summed E-state index contributed by atoms with van der Waals surface area (Å²) in [5.74, 6) is -0.226. The summed E-state index contributed by atoms with van der Waals surface area (Å²) in [7, 11) is -1.96. The van der Waals surface area contributed by atoms with E-state index in [0.29, 0.717) is 24.2 Å². The van der Waals surface area contributed by atoms with Crippen molar-refractivity contribution < 1.29 is 13.2 Å². The lowest BCUT2D eigenvalue weighted by atomic mass is 10.3. The van der Waals surface area contributed by atoms with Gasteiger partial charge in [0.1, 0.15) is 10.8 Å². The highest BCUT2D eigenvalue weighted by Gasteiger charge is 2.15. The van der Waals surface area contributed by atoms with Gasteiger partial charge in [0.05, 0.1) is 12.3 Å². The first kappa shape index (κ1) is 15.5. The van der Waals surface area contributed by atoms with E-state index in [1.54, 1.807) is 7.11 Å². The number of primary sulfonamides is 1. The normalized spacial score (nSPS) is 12.3. The highest BCUT2D eigenvalue weighted by Crippen LogP contribution is 2.21. The molecular weight excluding hydrogens is 274 g/mol. The minimum atomic E-state index is -3.54. The monoisotopic (exact) mass is 293 g/mol. The standard InChI is InChI=1S/C10H19N3O3S2/c1-7(2)12-4-9-8(5-16-3)13-10(17-9)6-18(11,14)15/h7,12H,4-6H2,1-3H3,(H2,11,14,15). The molecule has 0 saturated heterocycles. The van der Waals surface area contributed by atoms with Crippen LogP contribution in [0.2, 0.25) is 0 Å². The first-order chi connectivity index (χ1) is 8.31. The van der Waals surface area contributed by atoms with Crippen LogP contribution >= 0.6 is 11.3 Å². The van der Waals surface area contributed by atoms with Crippen LogP contribution in [0.5, 0.6) is 0 Å². The molecule has 0 bridgehead atoms. The van der Waals surface area contributed by atoms with Crippen LogP contribution in [0.1, 0.15) is 29.4 Å². The molecule has 0 aliphatic rings. The van der Waals surface area contributed by atoms with E-state index in [1.165, 1.54) is 11.3 Å². The molecule has 0 aliphatic carbocycles. The molecule has 0 saturated carbocycles. The van der Waals surface area contributed by atoms with Crippen molar-refractivity contribution in [3.8, 4) is 0 Å². The SMILES string of the molecule is COCc1nc(CS(N)(=O)=O)sc1CNC(C)C. The lowest BCUT2D eigenvalue weighted by Crippen LogP contribution is -2.21. The van der Waals surface area contributed by atoms with Gasteiger partial charge in [-0.2, -0.15) is 0 Å². The Bertz CT molecular complexity index is 483. The minimum absolute atomic E-state index is 0.226. The van der Waals surface area contributed by atoms with Crippen molar-refractivity contribution in [2.45, 2.75) is 38.8 Å². The molecular formula is C10H19N3O3S2. The van der Waals surface area contributed by atoms with E-state index in [2.05, 4.69) is 10.3 Å². The Morgan fingerprint density at radius 2 is 2.17 bits per heavy atom. The maximum absolute atomic E-state index is 11.0. The molecule has 0 amide bonds. The maximum atomic E-state index is 11.0. The van der Waals surface area contributed by atoms with Crippen LogP contribution in [0.25, 0.3) is 0 Å². The summed E-state index contributed by atoms with van der Waals surface area (Å²) in [6.07, 6.45) is 0. The van der Waals surface area contributed by atoms with Crippen molar-refractivity contribution >= 4 is 21.4 Å². The van der Waals surface area contributed by atoms with Crippen LogP contribution in [-0.2, 0) is 33.7 Å². The second kappa shape index (κ2) is 6.58. The summed E-state index contributed by atoms with van der Waals surface area (Å²) in [5, 5.41) is 8.79. The second-order valence-electron chi connectivity index (χ2n) is 4.25. The van der Waals surface area contributed by atoms with Gasteiger partial charge in [-0.1, -0.05) is 13.8 Å². The van der Waals surface area contributed by atoms with Gasteiger partial charge in [0.25, 0.3) is 0 Å². The topological polar surface area (TPSA) is 94.3 Å². The molecule has 104 valence electrons. The Labute approximate surface area is 112 Å². The van der Waals surface area contributed by atoms with Crippen molar-refractivity contribution in [3.05, 3.63) is 15.6 Å². The van der Waals surface area contributed by atoms with Gasteiger partial charge in [-0.3, -0.25) is 0 Å². The van der Waals surface area contributed by atoms with Crippen molar-refractivity contribution in [1.29, 1.82) is 0 Å². The minimum Gasteiger partial charge on any atom is -0.378 e. The molecule has 1 aromatic rings. The third-order valence-electron chi connectivity index (χ3n) is 2.10. The Hall–Kier alpha value is -0.540. The molecule has 1 rings (SSSR count). The number of ether oxygens (including phenoxy) is 1. The van der Waals surface area contributed by atoms with Crippen LogP contribution in [-0.4, -0.2) is 26.6 Å². The number of rotatable bonds is 7. The molecule has 0 atom stereocenters. The molecule has 1 heterocycles. The van der Waals surface area contributed by atoms with Crippen LogP contribution < -0.4 is 10.5 Å². The van der Waals surface area contributed by atoms with Gasteiger partial charge >= 0.3 is 0 Å². The lowest BCUT2D eigenvalue weighted by Gasteiger charge is -2.07. The fourth-order valence-corrected chi connectivity index (χ4v) is 3.31. The summed E-state index contributed by atoms with van der Waals surface area (Å²) in [6.45, 7) is 5.11. The van der Waals surface area contributed by atoms with E-state index in [4.69, 9.17) is 9.88 Å². The number of nitrogens with two attached hydrogens (primary N) is 1. The molecule has 18 heavy (non-hydrogen) atoms. The van der Waals surface area contributed by atoms with E-state index in [9.17, 15) is 8.42 Å². The predicted molar refractivity (Wildman–Crippen MR) is 71.6 cm³/mol. The molecule has 0 aromatic carbocycles. The van der Waals surface area contributed by atoms with E-state index < -0.39 is 10.0 Å². The van der Waals surface area contributed by atoms with Gasteiger partial charge in [0.2, 0.25) is 10.0 Å². The zero-order valence-corrected chi connectivity index (χ0v) is 12.4. The number of aromatic nitrogens is 1. The predicted octanol–water partition coefficient (Wildman–Crippen LogP) is 0.576. The smallest absolute Gasteiger partial charge is 0.215 e. The van der Waals surface area contributed by atoms with Gasteiger partial charge < -0.3 is 10.1 Å². The first-order valence-electron chi connectivity index (χ1n) is 5.52. The summed E-state index contributed by atoms with van der Waals surface area (Å²) < 4.78 is 27.1. The van der Waals surface area contributed by atoms with Gasteiger partial charge in [-0.05, 0) is 0 Å². The van der Waals surface area contributed by atoms with Gasteiger partial charge in [0.15, 0.2) is 0 Å². The van der Waals surface area contributed by atoms with E-state index in [0.717, 1.165) is 10.6 Å². The number of hydrogen-bond donors (Lipinski definition) is 2. The Kier molecular flexibility index (Phi) is 5.67. The van der Waals surface area contributed by atoms with Crippen LogP contribution in [0.3, 0.4) is 0 Å². The lowest BCUT2D eigenvalue weighted by molar-refractivity contribution is 0.181. The van der Waals surface area contributed by atoms with Gasteiger partial charge in [0, 0.05) is 24.6 Å². The van der Waals surface area contributed by atoms with E-state index in [1.807, 2.05) is 13.8 Å². The molecule has 0 fully saturated rings. The number of hydrogen-bond acceptors (Lipinski definition) is 6.